The minimum Gasteiger partial charge on any atom is -0.433 e. The highest BCUT2D eigenvalue weighted by molar-refractivity contribution is 7.89. The molecule has 0 aliphatic carbocycles. The van der Waals surface area contributed by atoms with Gasteiger partial charge < -0.3 is 4.74 Å². The lowest BCUT2D eigenvalue weighted by atomic mass is 10.3. The van der Waals surface area contributed by atoms with E-state index in [1.54, 1.807) is 0 Å². The Kier molecular flexibility index (Phi) is 5.54. The van der Waals surface area contributed by atoms with Gasteiger partial charge in [-0.2, -0.15) is 8.78 Å². The maximum atomic E-state index is 12.0. The standard InChI is InChI=1S/C10H9Cl2F2NO3S/c1-6(11)5-15-19(16,17)7-2-3-9(8(12)4-7)18-10(13)14/h2-4,10,15H,1,5H2. The van der Waals surface area contributed by atoms with E-state index in [2.05, 4.69) is 16.0 Å². The van der Waals surface area contributed by atoms with E-state index in [0.29, 0.717) is 0 Å². The molecular formula is C10H9Cl2F2NO3S. The molecule has 1 N–H and O–H groups in total. The van der Waals surface area contributed by atoms with Crippen molar-refractivity contribution < 1.29 is 21.9 Å². The number of hydrogen-bond donors (Lipinski definition) is 1. The van der Waals surface area contributed by atoms with Gasteiger partial charge >= 0.3 is 6.61 Å². The highest BCUT2D eigenvalue weighted by Gasteiger charge is 2.17. The summed E-state index contributed by atoms with van der Waals surface area (Å²) in [5.41, 5.74) is 0. The molecule has 0 atom stereocenters. The third-order valence-electron chi connectivity index (χ3n) is 1.88. The normalized spacial score (nSPS) is 11.6. The predicted octanol–water partition coefficient (Wildman–Crippen LogP) is 2.97. The fraction of sp³-hybridized carbons (Fsp3) is 0.200. The topological polar surface area (TPSA) is 55.4 Å². The van der Waals surface area contributed by atoms with Crippen molar-refractivity contribution in [1.29, 1.82) is 0 Å². The molecule has 19 heavy (non-hydrogen) atoms. The molecule has 0 amide bonds. The second-order valence-electron chi connectivity index (χ2n) is 3.31. The van der Waals surface area contributed by atoms with Crippen molar-refractivity contribution in [3.8, 4) is 5.75 Å². The Bertz CT molecular complexity index is 578. The smallest absolute Gasteiger partial charge is 0.387 e. The van der Waals surface area contributed by atoms with Crippen LogP contribution in [0.2, 0.25) is 5.02 Å². The lowest BCUT2D eigenvalue weighted by Crippen LogP contribution is -2.24. The Balaban J connectivity index is 2.97. The van der Waals surface area contributed by atoms with Crippen molar-refractivity contribution >= 4 is 33.2 Å². The first-order valence-corrected chi connectivity index (χ1v) is 7.03. The zero-order valence-electron chi connectivity index (χ0n) is 9.37. The largest absolute Gasteiger partial charge is 0.433 e. The summed E-state index contributed by atoms with van der Waals surface area (Å²) in [6, 6.07) is 3.13. The van der Waals surface area contributed by atoms with Crippen LogP contribution in [0.4, 0.5) is 8.78 Å². The van der Waals surface area contributed by atoms with Gasteiger partial charge in [-0.15, -0.1) is 0 Å². The van der Waals surface area contributed by atoms with Crippen LogP contribution < -0.4 is 9.46 Å². The van der Waals surface area contributed by atoms with Gasteiger partial charge in [0.25, 0.3) is 0 Å². The number of rotatable bonds is 6. The SMILES string of the molecule is C=C(Cl)CNS(=O)(=O)c1ccc(OC(F)F)c(Cl)c1. The van der Waals surface area contributed by atoms with Crippen LogP contribution in [-0.4, -0.2) is 21.6 Å². The van der Waals surface area contributed by atoms with Crippen LogP contribution >= 0.6 is 23.2 Å². The molecule has 0 radical (unpaired) electrons. The van der Waals surface area contributed by atoms with Gasteiger partial charge in [0.05, 0.1) is 9.92 Å². The minimum atomic E-state index is -3.85. The van der Waals surface area contributed by atoms with Crippen molar-refractivity contribution in [2.24, 2.45) is 0 Å². The quantitative estimate of drug-likeness (QED) is 0.871. The maximum absolute atomic E-state index is 12.0. The first-order chi connectivity index (χ1) is 8.72. The van der Waals surface area contributed by atoms with Gasteiger partial charge in [-0.1, -0.05) is 29.8 Å². The molecular weight excluding hydrogens is 323 g/mol. The highest BCUT2D eigenvalue weighted by Crippen LogP contribution is 2.28. The lowest BCUT2D eigenvalue weighted by molar-refractivity contribution is -0.0498. The molecule has 0 aliphatic rings. The number of hydrogen-bond acceptors (Lipinski definition) is 3. The zero-order valence-corrected chi connectivity index (χ0v) is 11.7. The molecule has 4 nitrogen and oxygen atoms in total. The molecule has 1 rings (SSSR count). The van der Waals surface area contributed by atoms with Gasteiger partial charge in [0, 0.05) is 11.6 Å². The molecule has 0 saturated carbocycles. The van der Waals surface area contributed by atoms with Gasteiger partial charge in [0.1, 0.15) is 5.75 Å². The van der Waals surface area contributed by atoms with Gasteiger partial charge in [0.2, 0.25) is 10.0 Å². The third kappa shape index (κ3) is 4.94. The van der Waals surface area contributed by atoms with E-state index in [-0.39, 0.29) is 27.2 Å². The molecule has 106 valence electrons. The molecule has 1 aromatic carbocycles. The summed E-state index contributed by atoms with van der Waals surface area (Å²) in [7, 11) is -3.85. The van der Waals surface area contributed by atoms with Gasteiger partial charge in [-0.25, -0.2) is 13.1 Å². The number of benzene rings is 1. The fourth-order valence-corrected chi connectivity index (χ4v) is 2.58. The van der Waals surface area contributed by atoms with E-state index in [0.717, 1.165) is 18.2 Å². The van der Waals surface area contributed by atoms with Crippen molar-refractivity contribution in [1.82, 2.24) is 4.72 Å². The summed E-state index contributed by atoms with van der Waals surface area (Å²) in [6.07, 6.45) is 0. The second-order valence-corrected chi connectivity index (χ2v) is 6.02. The molecule has 9 heteroatoms. The monoisotopic (exact) mass is 331 g/mol. The van der Waals surface area contributed by atoms with E-state index in [1.807, 2.05) is 0 Å². The first kappa shape index (κ1) is 16.2. The van der Waals surface area contributed by atoms with Crippen LogP contribution in [0.15, 0.2) is 34.7 Å². The van der Waals surface area contributed by atoms with E-state index in [4.69, 9.17) is 23.2 Å². The summed E-state index contributed by atoms with van der Waals surface area (Å²) in [5.74, 6) is -0.308. The molecule has 0 aromatic heterocycles. The zero-order chi connectivity index (χ0) is 14.6. The van der Waals surface area contributed by atoms with Gasteiger partial charge in [-0.05, 0) is 18.2 Å². The Labute approximate surface area is 119 Å². The van der Waals surface area contributed by atoms with Gasteiger partial charge in [0.15, 0.2) is 0 Å². The molecule has 0 spiro atoms. The summed E-state index contributed by atoms with van der Waals surface area (Å²) >= 11 is 11.1. The van der Waals surface area contributed by atoms with E-state index >= 15 is 0 Å². The van der Waals surface area contributed by atoms with Crippen molar-refractivity contribution in [2.75, 3.05) is 6.54 Å². The molecule has 0 bridgehead atoms. The molecule has 0 fully saturated rings. The summed E-state index contributed by atoms with van der Waals surface area (Å²) in [5, 5.41) is -0.139. The maximum Gasteiger partial charge on any atom is 0.387 e. The fourth-order valence-electron chi connectivity index (χ4n) is 1.10. The van der Waals surface area contributed by atoms with Crippen LogP contribution in [0, 0.1) is 0 Å². The minimum absolute atomic E-state index is 0.104. The Hall–Kier alpha value is -0.890. The van der Waals surface area contributed by atoms with Gasteiger partial charge in [-0.3, -0.25) is 0 Å². The van der Waals surface area contributed by atoms with Crippen molar-refractivity contribution in [3.63, 3.8) is 0 Å². The number of ether oxygens (including phenoxy) is 1. The summed E-state index contributed by atoms with van der Waals surface area (Å²) < 4.78 is 53.8. The van der Waals surface area contributed by atoms with E-state index < -0.39 is 16.6 Å². The van der Waals surface area contributed by atoms with E-state index in [1.165, 1.54) is 0 Å². The van der Waals surface area contributed by atoms with E-state index in [9.17, 15) is 17.2 Å². The Morgan fingerprint density at radius 1 is 1.47 bits per heavy atom. The van der Waals surface area contributed by atoms with Crippen LogP contribution in [0.1, 0.15) is 0 Å². The van der Waals surface area contributed by atoms with Crippen LogP contribution in [0.25, 0.3) is 0 Å². The number of alkyl halides is 2. The molecule has 0 heterocycles. The van der Waals surface area contributed by atoms with Crippen LogP contribution in [0.5, 0.6) is 5.75 Å². The van der Waals surface area contributed by atoms with Crippen molar-refractivity contribution in [2.45, 2.75) is 11.5 Å². The highest BCUT2D eigenvalue weighted by atomic mass is 35.5. The average molecular weight is 332 g/mol. The molecule has 0 aliphatic heterocycles. The predicted molar refractivity (Wildman–Crippen MR) is 68.3 cm³/mol. The average Bonchev–Trinajstić information content (AvgIpc) is 2.28. The molecule has 0 unspecified atom stereocenters. The number of sulfonamides is 1. The second kappa shape index (κ2) is 6.51. The Morgan fingerprint density at radius 3 is 2.58 bits per heavy atom. The third-order valence-corrected chi connectivity index (χ3v) is 3.71. The van der Waals surface area contributed by atoms with Crippen LogP contribution in [0.3, 0.4) is 0 Å². The van der Waals surface area contributed by atoms with Crippen LogP contribution in [-0.2, 0) is 10.0 Å². The number of halogens is 4. The Morgan fingerprint density at radius 2 is 2.11 bits per heavy atom. The van der Waals surface area contributed by atoms with Crippen molar-refractivity contribution in [3.05, 3.63) is 34.8 Å². The summed E-state index contributed by atoms with van der Waals surface area (Å²) in [4.78, 5) is -0.197. The first-order valence-electron chi connectivity index (χ1n) is 4.79. The summed E-state index contributed by atoms with van der Waals surface area (Å²) in [6.45, 7) is 0.125. The number of nitrogens with one attached hydrogen (secondary N) is 1. The lowest BCUT2D eigenvalue weighted by Gasteiger charge is -2.09. The molecule has 1 aromatic rings. The molecule has 0 saturated heterocycles.